The van der Waals surface area contributed by atoms with Crippen LogP contribution in [0.2, 0.25) is 0 Å². The lowest BCUT2D eigenvalue weighted by molar-refractivity contribution is -0.400. The quantitative estimate of drug-likeness (QED) is 0.0479. The zero-order valence-electron chi connectivity index (χ0n) is 48.2. The molecule has 8 heterocycles. The average molecular weight is 1310 g/mol. The van der Waals surface area contributed by atoms with E-state index in [0.29, 0.717) is 0 Å². The largest absolute Gasteiger partial charge is 0.394 e. The van der Waals surface area contributed by atoms with Gasteiger partial charge < -0.3 is 189 Å². The third-order valence-corrected chi connectivity index (χ3v) is 17.7. The molecule has 0 bridgehead atoms. The summed E-state index contributed by atoms with van der Waals surface area (Å²) in [5.74, 6) is -1.68. The van der Waals surface area contributed by atoms with Crippen molar-refractivity contribution in [3.63, 3.8) is 0 Å². The Bertz CT molecular complexity index is 2130. The molecular formula is C51H88O38. The van der Waals surface area contributed by atoms with E-state index in [1.54, 1.807) is 13.8 Å². The average Bonchev–Trinajstić information content (AvgIpc) is 0.921. The zero-order valence-corrected chi connectivity index (χ0v) is 48.2. The van der Waals surface area contributed by atoms with Crippen molar-refractivity contribution >= 4 is 0 Å². The van der Waals surface area contributed by atoms with Crippen molar-refractivity contribution in [3.05, 3.63) is 0 Å². The van der Waals surface area contributed by atoms with Gasteiger partial charge in [0.15, 0.2) is 44.0 Å². The highest BCUT2D eigenvalue weighted by molar-refractivity contribution is 5.01. The molecule has 23 N–H and O–H groups in total. The number of rotatable bonds is 22. The monoisotopic (exact) mass is 1310 g/mol. The topological polar surface area (TPSA) is 604 Å². The second-order valence-corrected chi connectivity index (χ2v) is 23.5. The van der Waals surface area contributed by atoms with Crippen molar-refractivity contribution < 1.29 is 189 Å². The van der Waals surface area contributed by atoms with Gasteiger partial charge in [0.1, 0.15) is 171 Å². The minimum atomic E-state index is -2.33. The van der Waals surface area contributed by atoms with E-state index < -0.39 is 298 Å². The van der Waals surface area contributed by atoms with Crippen LogP contribution in [-0.4, -0.2) is 404 Å². The van der Waals surface area contributed by atoms with Gasteiger partial charge in [-0.25, -0.2) is 0 Å². The van der Waals surface area contributed by atoms with Crippen LogP contribution in [0, 0.1) is 11.8 Å². The van der Waals surface area contributed by atoms with Gasteiger partial charge in [-0.2, -0.15) is 0 Å². The van der Waals surface area contributed by atoms with E-state index in [1.807, 2.05) is 0 Å². The number of hydrogen-bond donors (Lipinski definition) is 23. The summed E-state index contributed by atoms with van der Waals surface area (Å²) < 4.78 is 87.5. The van der Waals surface area contributed by atoms with Gasteiger partial charge in [0, 0.05) is 11.8 Å². The Morgan fingerprint density at radius 3 is 0.978 bits per heavy atom. The maximum atomic E-state index is 12.2. The molecule has 0 spiro atoms. The lowest BCUT2D eigenvalue weighted by atomic mass is 9.88. The van der Waals surface area contributed by atoms with Gasteiger partial charge in [-0.15, -0.1) is 0 Å². The Morgan fingerprint density at radius 1 is 0.225 bits per heavy atom. The van der Waals surface area contributed by atoms with Gasteiger partial charge in [0.05, 0.1) is 71.2 Å². The Hall–Kier alpha value is -1.52. The minimum absolute atomic E-state index is 0.519. The summed E-state index contributed by atoms with van der Waals surface area (Å²) in [6.07, 6.45) is -71.0. The van der Waals surface area contributed by atoms with Gasteiger partial charge in [-0.3, -0.25) is 0 Å². The van der Waals surface area contributed by atoms with Gasteiger partial charge in [-0.1, -0.05) is 13.8 Å². The molecule has 0 aromatic carbocycles. The Kier molecular flexibility index (Phi) is 26.0. The molecule has 0 radical (unpaired) electrons. The molecule has 0 aromatic heterocycles. The van der Waals surface area contributed by atoms with Gasteiger partial charge in [0.25, 0.3) is 0 Å². The lowest BCUT2D eigenvalue weighted by Gasteiger charge is -2.50. The predicted molar refractivity (Wildman–Crippen MR) is 274 cm³/mol. The van der Waals surface area contributed by atoms with Crippen LogP contribution in [-0.2, 0) is 71.1 Å². The van der Waals surface area contributed by atoms with Gasteiger partial charge in [0.2, 0.25) is 0 Å². The number of ether oxygens (including phenoxy) is 15. The minimum Gasteiger partial charge on any atom is -0.394 e. The van der Waals surface area contributed by atoms with E-state index in [1.165, 1.54) is 6.92 Å². The third kappa shape index (κ3) is 15.4. The molecule has 89 heavy (non-hydrogen) atoms. The van der Waals surface area contributed by atoms with Crippen LogP contribution in [0.1, 0.15) is 20.8 Å². The van der Waals surface area contributed by atoms with Crippen LogP contribution in [0.15, 0.2) is 0 Å². The van der Waals surface area contributed by atoms with E-state index in [-0.39, 0.29) is 0 Å². The van der Waals surface area contributed by atoms with Gasteiger partial charge >= 0.3 is 0 Å². The SMILES string of the molecule is CC1[C@H](O[C@@H]2C(CO)O[C@@H](C)C(C)[C@H]2O)OC(CO)[C@@H](O[C@@H]2OC(CO[C@@H]3OC(CO[C@H]4OC(CO)[C@@H](O)[C@H](O)C4O)[C@@H](O)[C@H](O[C@H]4OC(CO)[C@@H](O)C(O)C4O)C3O)[C@@H](O)[C@H](O[C@H]3OC(CO)[C@@H](O)C(O)C3O[C@H]3OC(CO)[C@@H](O)C(O)C3O)C2O)[C@@H]1O. The fourth-order valence-electron chi connectivity index (χ4n) is 11.8. The van der Waals surface area contributed by atoms with E-state index >= 15 is 0 Å². The summed E-state index contributed by atoms with van der Waals surface area (Å²) in [5.41, 5.74) is 0. The molecule has 8 aliphatic rings. The summed E-state index contributed by atoms with van der Waals surface area (Å²) in [7, 11) is 0. The van der Waals surface area contributed by atoms with Crippen LogP contribution in [0.4, 0.5) is 0 Å². The summed E-state index contributed by atoms with van der Waals surface area (Å²) in [5, 5.41) is 250. The molecule has 40 atom stereocenters. The molecule has 0 aliphatic carbocycles. The Morgan fingerprint density at radius 2 is 0.517 bits per heavy atom. The summed E-state index contributed by atoms with van der Waals surface area (Å²) in [6.45, 7) is -2.61. The first-order chi connectivity index (χ1) is 42.2. The number of aliphatic hydroxyl groups excluding tert-OH is 23. The van der Waals surface area contributed by atoms with E-state index in [4.69, 9.17) is 71.1 Å². The lowest BCUT2D eigenvalue weighted by Crippen LogP contribution is -2.68. The molecule has 0 saturated carbocycles. The van der Waals surface area contributed by atoms with Crippen LogP contribution in [0.25, 0.3) is 0 Å². The first-order valence-electron chi connectivity index (χ1n) is 29.1. The first kappa shape index (κ1) is 73.3. The molecule has 8 rings (SSSR count). The molecule has 38 heteroatoms. The second-order valence-electron chi connectivity index (χ2n) is 23.5. The maximum absolute atomic E-state index is 12.2. The second kappa shape index (κ2) is 31.6. The highest BCUT2D eigenvalue weighted by Gasteiger charge is 2.58. The molecule has 38 nitrogen and oxygen atoms in total. The van der Waals surface area contributed by atoms with Gasteiger partial charge in [-0.05, 0) is 6.92 Å². The highest BCUT2D eigenvalue weighted by Crippen LogP contribution is 2.39. The first-order valence-corrected chi connectivity index (χ1v) is 29.1. The summed E-state index contributed by atoms with van der Waals surface area (Å²) >= 11 is 0. The number of hydrogen-bond acceptors (Lipinski definition) is 38. The molecule has 0 aromatic rings. The molecule has 520 valence electrons. The molecule has 8 fully saturated rings. The Balaban J connectivity index is 1.09. The van der Waals surface area contributed by atoms with Crippen molar-refractivity contribution in [1.82, 2.24) is 0 Å². The molecule has 19 unspecified atom stereocenters. The fraction of sp³-hybridized carbons (Fsp3) is 1.00. The highest BCUT2D eigenvalue weighted by atomic mass is 16.8. The van der Waals surface area contributed by atoms with Crippen LogP contribution < -0.4 is 0 Å². The molecular weight excluding hydrogens is 1220 g/mol. The van der Waals surface area contributed by atoms with Crippen molar-refractivity contribution in [2.75, 3.05) is 52.9 Å². The molecule has 0 amide bonds. The van der Waals surface area contributed by atoms with Crippen LogP contribution in [0.5, 0.6) is 0 Å². The zero-order chi connectivity index (χ0) is 65.4. The molecule has 8 aliphatic heterocycles. The van der Waals surface area contributed by atoms with Crippen LogP contribution >= 0.6 is 0 Å². The van der Waals surface area contributed by atoms with Crippen molar-refractivity contribution in [2.45, 2.75) is 254 Å². The number of aliphatic hydroxyl groups is 23. The predicted octanol–water partition coefficient (Wildman–Crippen LogP) is -14.8. The normalized spacial score (nSPS) is 53.6. The van der Waals surface area contributed by atoms with E-state index in [0.717, 1.165) is 0 Å². The van der Waals surface area contributed by atoms with Crippen molar-refractivity contribution in [1.29, 1.82) is 0 Å². The maximum Gasteiger partial charge on any atom is 0.187 e. The Labute approximate surface area is 506 Å². The smallest absolute Gasteiger partial charge is 0.187 e. The standard InChI is InChI=1S/C51H88O38/c1-12-14(3)77-19(8-56)40(23(12)58)85-45-13(2)24(59)41(20(9-57)82-45)86-50-39(74)43(88-51-44(34(69)28(63)18(7-55)81-51)89-49-37(72)33(68)27(62)17(6-54)80-49)30(65)22(84-50)11-76-47-38(73)42(87-48-36(71)32(67)26(61)16(5-53)79-48)29(64)21(83-47)10-75-46-35(70)31(66)25(60)15(4-52)78-46/h12-74H,4-11H2,1-3H3/t12?,13?,14-,15?,16?,17?,18?,19?,20?,21?,22?,23+,24+,25+,26+,27+,28+,29+,30+,31-,32?,33?,34?,35?,36?,37?,38?,39?,40+,41+,42-,43-,44?,45-,46-,47+,48+,49+,50-,51+/m0/s1. The summed E-state index contributed by atoms with van der Waals surface area (Å²) in [6, 6.07) is 0. The fourth-order valence-corrected chi connectivity index (χ4v) is 11.8. The van der Waals surface area contributed by atoms with E-state index in [9.17, 15) is 117 Å². The van der Waals surface area contributed by atoms with Crippen molar-refractivity contribution in [2.24, 2.45) is 11.8 Å². The van der Waals surface area contributed by atoms with E-state index in [2.05, 4.69) is 0 Å². The molecule has 8 saturated heterocycles. The third-order valence-electron chi connectivity index (χ3n) is 17.7. The van der Waals surface area contributed by atoms with Crippen LogP contribution in [0.3, 0.4) is 0 Å². The van der Waals surface area contributed by atoms with Crippen molar-refractivity contribution in [3.8, 4) is 0 Å². The summed E-state index contributed by atoms with van der Waals surface area (Å²) in [4.78, 5) is 0.